The number of hydrogen-bond donors (Lipinski definition) is 1. The second-order valence-electron chi connectivity index (χ2n) is 5.07. The van der Waals surface area contributed by atoms with Crippen LogP contribution in [0, 0.1) is 5.92 Å². The molecule has 102 valence electrons. The average molecular weight is 251 g/mol. The van der Waals surface area contributed by atoms with Crippen LogP contribution in [0.5, 0.6) is 5.75 Å². The monoisotopic (exact) mass is 251 g/mol. The summed E-state index contributed by atoms with van der Waals surface area (Å²) in [6, 6.07) is 7.83. The first-order valence-electron chi connectivity index (χ1n) is 6.56. The highest BCUT2D eigenvalue weighted by Gasteiger charge is 2.20. The first-order chi connectivity index (χ1) is 8.56. The molecule has 0 saturated heterocycles. The van der Waals surface area contributed by atoms with Crippen molar-refractivity contribution in [2.24, 2.45) is 11.7 Å². The first kappa shape index (κ1) is 15.0. The summed E-state index contributed by atoms with van der Waals surface area (Å²) in [5, 5.41) is 0. The fourth-order valence-electron chi connectivity index (χ4n) is 1.86. The van der Waals surface area contributed by atoms with Crippen LogP contribution in [0.15, 0.2) is 24.3 Å². The number of hydrogen-bond acceptors (Lipinski definition) is 3. The minimum Gasteiger partial charge on any atom is -0.496 e. The van der Waals surface area contributed by atoms with E-state index in [1.54, 1.807) is 7.11 Å². The molecule has 1 aromatic rings. The van der Waals surface area contributed by atoms with Gasteiger partial charge in [0.05, 0.1) is 7.11 Å². The van der Waals surface area contributed by atoms with E-state index in [2.05, 4.69) is 13.8 Å². The van der Waals surface area contributed by atoms with Gasteiger partial charge < -0.3 is 15.2 Å². The molecular weight excluding hydrogens is 226 g/mol. The van der Waals surface area contributed by atoms with E-state index in [9.17, 15) is 0 Å². The summed E-state index contributed by atoms with van der Waals surface area (Å²) in [4.78, 5) is 0. The van der Waals surface area contributed by atoms with Crippen molar-refractivity contribution in [3.05, 3.63) is 29.8 Å². The van der Waals surface area contributed by atoms with Gasteiger partial charge in [-0.25, -0.2) is 0 Å². The van der Waals surface area contributed by atoms with Gasteiger partial charge in [0.25, 0.3) is 0 Å². The predicted octanol–water partition coefficient (Wildman–Crippen LogP) is 3.15. The van der Waals surface area contributed by atoms with E-state index in [0.717, 1.165) is 24.3 Å². The first-order valence-corrected chi connectivity index (χ1v) is 6.56. The van der Waals surface area contributed by atoms with Crippen LogP contribution >= 0.6 is 0 Å². The van der Waals surface area contributed by atoms with E-state index < -0.39 is 0 Å². The summed E-state index contributed by atoms with van der Waals surface area (Å²) in [6.45, 7) is 7.06. The lowest BCUT2D eigenvalue weighted by Crippen LogP contribution is -2.27. The molecule has 0 heterocycles. The van der Waals surface area contributed by atoms with Gasteiger partial charge in [-0.3, -0.25) is 0 Å². The molecule has 2 unspecified atom stereocenters. The molecule has 0 amide bonds. The second kappa shape index (κ2) is 7.39. The molecule has 0 aliphatic heterocycles. The van der Waals surface area contributed by atoms with Gasteiger partial charge in [0.1, 0.15) is 11.9 Å². The van der Waals surface area contributed by atoms with Crippen LogP contribution < -0.4 is 10.5 Å². The fourth-order valence-corrected chi connectivity index (χ4v) is 1.86. The molecule has 0 fully saturated rings. The Hall–Kier alpha value is -1.06. The number of methoxy groups -OCH3 is 1. The third-order valence-corrected chi connectivity index (χ3v) is 2.92. The number of benzene rings is 1. The molecular formula is C15H25NO2. The van der Waals surface area contributed by atoms with Crippen LogP contribution in [0.3, 0.4) is 0 Å². The van der Waals surface area contributed by atoms with Crippen LogP contribution in [0.2, 0.25) is 0 Å². The third kappa shape index (κ3) is 4.31. The minimum atomic E-state index is -0.111. The summed E-state index contributed by atoms with van der Waals surface area (Å²) in [5.41, 5.74) is 7.06. The van der Waals surface area contributed by atoms with Gasteiger partial charge in [-0.1, -0.05) is 32.0 Å². The van der Waals surface area contributed by atoms with E-state index >= 15 is 0 Å². The smallest absolute Gasteiger partial charge is 0.124 e. The van der Waals surface area contributed by atoms with Gasteiger partial charge in [0, 0.05) is 18.2 Å². The van der Waals surface area contributed by atoms with Crippen LogP contribution in [0.25, 0.3) is 0 Å². The highest BCUT2D eigenvalue weighted by Crippen LogP contribution is 2.29. The quantitative estimate of drug-likeness (QED) is 0.809. The molecule has 0 aliphatic rings. The molecule has 3 heteroatoms. The van der Waals surface area contributed by atoms with Crippen LogP contribution in [0.4, 0.5) is 0 Å². The predicted molar refractivity (Wildman–Crippen MR) is 74.8 cm³/mol. The Balaban J connectivity index is 2.77. The zero-order valence-electron chi connectivity index (χ0n) is 11.8. The molecule has 0 aromatic heterocycles. The molecule has 1 rings (SSSR count). The van der Waals surface area contributed by atoms with Crippen molar-refractivity contribution in [1.82, 2.24) is 0 Å². The summed E-state index contributed by atoms with van der Waals surface area (Å²) in [5.74, 6) is 1.47. The molecule has 2 atom stereocenters. The van der Waals surface area contributed by atoms with Crippen molar-refractivity contribution in [1.29, 1.82) is 0 Å². The van der Waals surface area contributed by atoms with Crippen LogP contribution in [0.1, 0.15) is 38.9 Å². The van der Waals surface area contributed by atoms with Gasteiger partial charge in [-0.2, -0.15) is 0 Å². The van der Waals surface area contributed by atoms with Gasteiger partial charge in [-0.05, 0) is 25.3 Å². The lowest BCUT2D eigenvalue weighted by Gasteiger charge is -2.24. The Morgan fingerprint density at radius 3 is 2.39 bits per heavy atom. The molecule has 1 aromatic carbocycles. The highest BCUT2D eigenvalue weighted by molar-refractivity contribution is 5.35. The van der Waals surface area contributed by atoms with Gasteiger partial charge in [0.15, 0.2) is 0 Å². The Bertz CT molecular complexity index is 350. The lowest BCUT2D eigenvalue weighted by atomic mass is 10.0. The fraction of sp³-hybridized carbons (Fsp3) is 0.600. The standard InChI is InChI=1S/C15H25NO2/c1-11(2)9-10-18-15(12(3)16)13-7-5-6-8-14(13)17-4/h5-8,11-12,15H,9-10,16H2,1-4H3. The summed E-state index contributed by atoms with van der Waals surface area (Å²) in [7, 11) is 1.67. The summed E-state index contributed by atoms with van der Waals surface area (Å²) >= 11 is 0. The minimum absolute atomic E-state index is 0.0616. The van der Waals surface area contributed by atoms with E-state index in [4.69, 9.17) is 15.2 Å². The van der Waals surface area contributed by atoms with Gasteiger partial charge in [0.2, 0.25) is 0 Å². The number of para-hydroxylation sites is 1. The van der Waals surface area contributed by atoms with E-state index in [0.29, 0.717) is 5.92 Å². The maximum Gasteiger partial charge on any atom is 0.124 e. The molecule has 2 N–H and O–H groups in total. The average Bonchev–Trinajstić information content (AvgIpc) is 2.34. The zero-order chi connectivity index (χ0) is 13.5. The van der Waals surface area contributed by atoms with Crippen molar-refractivity contribution in [3.63, 3.8) is 0 Å². The van der Waals surface area contributed by atoms with E-state index in [1.165, 1.54) is 0 Å². The van der Waals surface area contributed by atoms with Gasteiger partial charge >= 0.3 is 0 Å². The Kier molecular flexibility index (Phi) is 6.16. The van der Waals surface area contributed by atoms with Crippen molar-refractivity contribution in [3.8, 4) is 5.75 Å². The Labute approximate surface area is 110 Å². The topological polar surface area (TPSA) is 44.5 Å². The van der Waals surface area contributed by atoms with E-state index in [1.807, 2.05) is 31.2 Å². The molecule has 0 aliphatic carbocycles. The Morgan fingerprint density at radius 2 is 1.83 bits per heavy atom. The molecule has 0 saturated carbocycles. The maximum absolute atomic E-state index is 6.03. The van der Waals surface area contributed by atoms with Crippen LogP contribution in [-0.4, -0.2) is 19.8 Å². The molecule has 0 bridgehead atoms. The number of rotatable bonds is 7. The van der Waals surface area contributed by atoms with Crippen LogP contribution in [-0.2, 0) is 4.74 Å². The van der Waals surface area contributed by atoms with Gasteiger partial charge in [-0.15, -0.1) is 0 Å². The van der Waals surface area contributed by atoms with Crippen molar-refractivity contribution >= 4 is 0 Å². The van der Waals surface area contributed by atoms with E-state index in [-0.39, 0.29) is 12.1 Å². The highest BCUT2D eigenvalue weighted by atomic mass is 16.5. The largest absolute Gasteiger partial charge is 0.496 e. The van der Waals surface area contributed by atoms with Crippen molar-refractivity contribution in [2.75, 3.05) is 13.7 Å². The SMILES string of the molecule is COc1ccccc1C(OCCC(C)C)C(C)N. The number of nitrogens with two attached hydrogens (primary N) is 1. The lowest BCUT2D eigenvalue weighted by molar-refractivity contribution is 0.0306. The molecule has 0 spiro atoms. The maximum atomic E-state index is 6.03. The number of ether oxygens (including phenoxy) is 2. The molecule has 0 radical (unpaired) electrons. The third-order valence-electron chi connectivity index (χ3n) is 2.92. The second-order valence-corrected chi connectivity index (χ2v) is 5.07. The summed E-state index contributed by atoms with van der Waals surface area (Å²) < 4.78 is 11.3. The Morgan fingerprint density at radius 1 is 1.17 bits per heavy atom. The molecule has 3 nitrogen and oxygen atoms in total. The zero-order valence-corrected chi connectivity index (χ0v) is 11.8. The van der Waals surface area contributed by atoms with Crippen molar-refractivity contribution in [2.45, 2.75) is 39.3 Å². The normalized spacial score (nSPS) is 14.6. The summed E-state index contributed by atoms with van der Waals surface area (Å²) in [6.07, 6.45) is 0.929. The van der Waals surface area contributed by atoms with Crippen molar-refractivity contribution < 1.29 is 9.47 Å². The molecule has 18 heavy (non-hydrogen) atoms.